The first-order chi connectivity index (χ1) is 10.3. The predicted molar refractivity (Wildman–Crippen MR) is 83.0 cm³/mol. The van der Waals surface area contributed by atoms with Crippen LogP contribution in [0.1, 0.15) is 32.3 Å². The van der Waals surface area contributed by atoms with E-state index in [1.165, 1.54) is 6.33 Å². The van der Waals surface area contributed by atoms with Crippen molar-refractivity contribution in [2.75, 3.05) is 45.4 Å². The molecule has 0 aliphatic heterocycles. The number of nitrogens with zero attached hydrogens (tertiary/aromatic N) is 2. The maximum absolute atomic E-state index is 5.71. The SMILES string of the molecule is CCCNc1ncnc(OCCOCCCOC)c1CC. The third kappa shape index (κ3) is 6.73. The van der Waals surface area contributed by atoms with Crippen LogP contribution in [0.15, 0.2) is 6.33 Å². The lowest BCUT2D eigenvalue weighted by molar-refractivity contribution is 0.0793. The van der Waals surface area contributed by atoms with E-state index in [4.69, 9.17) is 14.2 Å². The van der Waals surface area contributed by atoms with E-state index in [2.05, 4.69) is 29.1 Å². The lowest BCUT2D eigenvalue weighted by Crippen LogP contribution is -2.12. The zero-order chi connectivity index (χ0) is 15.3. The number of nitrogens with one attached hydrogen (secondary N) is 1. The van der Waals surface area contributed by atoms with Gasteiger partial charge in [-0.05, 0) is 19.3 Å². The molecule has 0 aliphatic carbocycles. The average molecular weight is 297 g/mol. The summed E-state index contributed by atoms with van der Waals surface area (Å²) in [6.07, 6.45) is 4.32. The predicted octanol–water partition coefficient (Wildman–Crippen LogP) is 2.29. The molecule has 6 nitrogen and oxygen atoms in total. The van der Waals surface area contributed by atoms with E-state index in [0.717, 1.165) is 43.8 Å². The molecule has 0 saturated heterocycles. The van der Waals surface area contributed by atoms with Gasteiger partial charge in [-0.1, -0.05) is 13.8 Å². The molecule has 1 aromatic heterocycles. The molecule has 0 aromatic carbocycles. The fourth-order valence-electron chi connectivity index (χ4n) is 1.84. The summed E-state index contributed by atoms with van der Waals surface area (Å²) in [4.78, 5) is 8.50. The third-order valence-corrected chi connectivity index (χ3v) is 2.91. The summed E-state index contributed by atoms with van der Waals surface area (Å²) in [7, 11) is 1.69. The van der Waals surface area contributed by atoms with E-state index in [9.17, 15) is 0 Å². The van der Waals surface area contributed by atoms with Gasteiger partial charge in [0.25, 0.3) is 0 Å². The molecule has 1 N–H and O–H groups in total. The number of hydrogen-bond acceptors (Lipinski definition) is 6. The van der Waals surface area contributed by atoms with Crippen molar-refractivity contribution in [3.8, 4) is 5.88 Å². The summed E-state index contributed by atoms with van der Waals surface area (Å²) >= 11 is 0. The van der Waals surface area contributed by atoms with Crippen LogP contribution in [0.5, 0.6) is 5.88 Å². The van der Waals surface area contributed by atoms with E-state index in [-0.39, 0.29) is 0 Å². The molecule has 0 fully saturated rings. The molecular formula is C15H27N3O3. The Morgan fingerprint density at radius 3 is 2.67 bits per heavy atom. The number of anilines is 1. The molecule has 6 heteroatoms. The number of hydrogen-bond donors (Lipinski definition) is 1. The Hall–Kier alpha value is -1.40. The Kier molecular flexibility index (Phi) is 9.48. The van der Waals surface area contributed by atoms with Crippen molar-refractivity contribution in [1.29, 1.82) is 0 Å². The topological polar surface area (TPSA) is 65.5 Å². The van der Waals surface area contributed by atoms with Crippen LogP contribution in [0, 0.1) is 0 Å². The summed E-state index contributed by atoms with van der Waals surface area (Å²) < 4.78 is 16.1. The van der Waals surface area contributed by atoms with Crippen LogP contribution >= 0.6 is 0 Å². The first-order valence-corrected chi connectivity index (χ1v) is 7.60. The van der Waals surface area contributed by atoms with E-state index in [0.29, 0.717) is 25.7 Å². The minimum absolute atomic E-state index is 0.490. The van der Waals surface area contributed by atoms with Crippen molar-refractivity contribution in [2.45, 2.75) is 33.1 Å². The van der Waals surface area contributed by atoms with Gasteiger partial charge in [-0.25, -0.2) is 9.97 Å². The van der Waals surface area contributed by atoms with Gasteiger partial charge in [0, 0.05) is 26.9 Å². The summed E-state index contributed by atoms with van der Waals surface area (Å²) in [6, 6.07) is 0. The molecule has 1 heterocycles. The molecule has 1 aromatic rings. The normalized spacial score (nSPS) is 10.6. The molecule has 0 atom stereocenters. The fourth-order valence-corrected chi connectivity index (χ4v) is 1.84. The highest BCUT2D eigenvalue weighted by Gasteiger charge is 2.10. The molecule has 120 valence electrons. The zero-order valence-electron chi connectivity index (χ0n) is 13.4. The minimum Gasteiger partial charge on any atom is -0.475 e. The van der Waals surface area contributed by atoms with Crippen LogP contribution in [0.4, 0.5) is 5.82 Å². The van der Waals surface area contributed by atoms with E-state index >= 15 is 0 Å². The van der Waals surface area contributed by atoms with Gasteiger partial charge in [-0.2, -0.15) is 0 Å². The first kappa shape index (κ1) is 17.7. The second-order valence-electron chi connectivity index (χ2n) is 4.59. The van der Waals surface area contributed by atoms with Gasteiger partial charge in [-0.3, -0.25) is 0 Å². The van der Waals surface area contributed by atoms with Crippen LogP contribution in [0.3, 0.4) is 0 Å². The highest BCUT2D eigenvalue weighted by molar-refractivity contribution is 5.48. The Labute approximate surface area is 127 Å². The highest BCUT2D eigenvalue weighted by atomic mass is 16.5. The third-order valence-electron chi connectivity index (χ3n) is 2.91. The summed E-state index contributed by atoms with van der Waals surface area (Å²) in [5.41, 5.74) is 1.02. The molecule has 0 saturated carbocycles. The number of methoxy groups -OCH3 is 1. The van der Waals surface area contributed by atoms with Crippen LogP contribution in [0.25, 0.3) is 0 Å². The first-order valence-electron chi connectivity index (χ1n) is 7.60. The van der Waals surface area contributed by atoms with Crippen molar-refractivity contribution in [2.24, 2.45) is 0 Å². The Morgan fingerprint density at radius 2 is 1.95 bits per heavy atom. The quantitative estimate of drug-likeness (QED) is 0.597. The van der Waals surface area contributed by atoms with Crippen LogP contribution < -0.4 is 10.1 Å². The van der Waals surface area contributed by atoms with E-state index in [1.807, 2.05) is 0 Å². The summed E-state index contributed by atoms with van der Waals surface area (Å²) in [5, 5.41) is 3.30. The van der Waals surface area contributed by atoms with Crippen molar-refractivity contribution >= 4 is 5.82 Å². The molecule has 0 unspecified atom stereocenters. The van der Waals surface area contributed by atoms with Crippen molar-refractivity contribution < 1.29 is 14.2 Å². The van der Waals surface area contributed by atoms with Crippen molar-refractivity contribution in [1.82, 2.24) is 9.97 Å². The molecule has 0 bridgehead atoms. The molecular weight excluding hydrogens is 270 g/mol. The van der Waals surface area contributed by atoms with Gasteiger partial charge in [0.05, 0.1) is 12.2 Å². The second-order valence-corrected chi connectivity index (χ2v) is 4.59. The van der Waals surface area contributed by atoms with Gasteiger partial charge in [0.1, 0.15) is 18.8 Å². The average Bonchev–Trinajstić information content (AvgIpc) is 2.52. The molecule has 21 heavy (non-hydrogen) atoms. The van der Waals surface area contributed by atoms with Gasteiger partial charge in [-0.15, -0.1) is 0 Å². The number of ether oxygens (including phenoxy) is 3. The lowest BCUT2D eigenvalue weighted by Gasteiger charge is -2.13. The Bertz CT molecular complexity index is 388. The molecule has 0 radical (unpaired) electrons. The fraction of sp³-hybridized carbons (Fsp3) is 0.733. The van der Waals surface area contributed by atoms with Crippen LogP contribution in [-0.2, 0) is 15.9 Å². The number of rotatable bonds is 12. The standard InChI is InChI=1S/C15H27N3O3/c1-4-7-16-14-13(5-2)15(18-12-17-14)21-11-10-20-9-6-8-19-3/h12H,4-11H2,1-3H3,(H,16,17,18). The monoisotopic (exact) mass is 297 g/mol. The smallest absolute Gasteiger partial charge is 0.221 e. The largest absolute Gasteiger partial charge is 0.475 e. The Morgan fingerprint density at radius 1 is 1.10 bits per heavy atom. The van der Waals surface area contributed by atoms with Crippen LogP contribution in [-0.4, -0.2) is 50.1 Å². The maximum Gasteiger partial charge on any atom is 0.221 e. The van der Waals surface area contributed by atoms with Gasteiger partial charge in [0.15, 0.2) is 0 Å². The molecule has 1 rings (SSSR count). The highest BCUT2D eigenvalue weighted by Crippen LogP contribution is 2.22. The maximum atomic E-state index is 5.71. The van der Waals surface area contributed by atoms with Crippen molar-refractivity contribution in [3.63, 3.8) is 0 Å². The molecule has 0 aliphatic rings. The van der Waals surface area contributed by atoms with Crippen LogP contribution in [0.2, 0.25) is 0 Å². The Balaban J connectivity index is 2.39. The van der Waals surface area contributed by atoms with Gasteiger partial charge < -0.3 is 19.5 Å². The van der Waals surface area contributed by atoms with E-state index in [1.54, 1.807) is 7.11 Å². The van der Waals surface area contributed by atoms with Gasteiger partial charge >= 0.3 is 0 Å². The second kappa shape index (κ2) is 11.3. The lowest BCUT2D eigenvalue weighted by atomic mass is 10.2. The number of aromatic nitrogens is 2. The summed E-state index contributed by atoms with van der Waals surface area (Å²) in [5.74, 6) is 1.51. The minimum atomic E-state index is 0.490. The van der Waals surface area contributed by atoms with Crippen molar-refractivity contribution in [3.05, 3.63) is 11.9 Å². The summed E-state index contributed by atoms with van der Waals surface area (Å²) in [6.45, 7) is 7.54. The van der Waals surface area contributed by atoms with E-state index < -0.39 is 0 Å². The molecule has 0 amide bonds. The molecule has 0 spiro atoms. The van der Waals surface area contributed by atoms with Gasteiger partial charge in [0.2, 0.25) is 5.88 Å². The zero-order valence-corrected chi connectivity index (χ0v) is 13.4.